The number of aromatic hydroxyl groups is 1. The first-order valence-corrected chi connectivity index (χ1v) is 11.8. The standard InChI is InChI=1S/C27H32N4O4/c1-5-6-7-8-9-19-10-12-20(13-11-19)24-25(32)23(30-31(24)4)18(3)28-29-26(33)21-14-15-22(27(34)35)17(2)16-21/h10-16,32H,5-9H2,1-4H3,(H,29,33)(H,34,35)/b28-18-. The number of rotatable bonds is 10. The Labute approximate surface area is 205 Å². The molecule has 0 unspecified atom stereocenters. The van der Waals surface area contributed by atoms with Gasteiger partial charge in [-0.3, -0.25) is 9.48 Å². The number of hydrogen-bond donors (Lipinski definition) is 3. The summed E-state index contributed by atoms with van der Waals surface area (Å²) in [6, 6.07) is 12.4. The van der Waals surface area contributed by atoms with Crippen LogP contribution in [0.3, 0.4) is 0 Å². The first-order chi connectivity index (χ1) is 16.7. The number of nitrogens with zero attached hydrogens (tertiary/aromatic N) is 3. The maximum absolute atomic E-state index is 12.5. The molecule has 3 aromatic rings. The monoisotopic (exact) mass is 476 g/mol. The van der Waals surface area contributed by atoms with Gasteiger partial charge in [0.05, 0.1) is 11.3 Å². The molecule has 1 amide bonds. The van der Waals surface area contributed by atoms with Gasteiger partial charge in [0, 0.05) is 18.2 Å². The lowest BCUT2D eigenvalue weighted by Gasteiger charge is -2.06. The quantitative estimate of drug-likeness (QED) is 0.214. The molecule has 2 aromatic carbocycles. The van der Waals surface area contributed by atoms with Crippen LogP contribution in [-0.2, 0) is 13.5 Å². The minimum Gasteiger partial charge on any atom is -0.504 e. The van der Waals surface area contributed by atoms with Crippen molar-refractivity contribution in [1.82, 2.24) is 15.2 Å². The summed E-state index contributed by atoms with van der Waals surface area (Å²) in [5.74, 6) is -1.55. The van der Waals surface area contributed by atoms with E-state index in [-0.39, 0.29) is 22.6 Å². The Morgan fingerprint density at radius 1 is 1.09 bits per heavy atom. The number of aryl methyl sites for hydroxylation is 3. The van der Waals surface area contributed by atoms with Crippen molar-refractivity contribution in [2.45, 2.75) is 52.9 Å². The Morgan fingerprint density at radius 2 is 1.80 bits per heavy atom. The van der Waals surface area contributed by atoms with Crippen LogP contribution in [-0.4, -0.2) is 37.6 Å². The molecule has 0 aliphatic rings. The topological polar surface area (TPSA) is 117 Å². The average Bonchev–Trinajstić information content (AvgIpc) is 3.14. The summed E-state index contributed by atoms with van der Waals surface area (Å²) >= 11 is 0. The van der Waals surface area contributed by atoms with Gasteiger partial charge in [-0.25, -0.2) is 10.2 Å². The second-order valence-corrected chi connectivity index (χ2v) is 8.65. The van der Waals surface area contributed by atoms with Crippen LogP contribution in [0.2, 0.25) is 0 Å². The molecule has 8 nitrogen and oxygen atoms in total. The molecule has 8 heteroatoms. The highest BCUT2D eigenvalue weighted by atomic mass is 16.4. The molecule has 35 heavy (non-hydrogen) atoms. The molecule has 184 valence electrons. The Kier molecular flexibility index (Phi) is 8.41. The molecule has 1 aromatic heterocycles. The maximum atomic E-state index is 12.5. The van der Waals surface area contributed by atoms with Crippen LogP contribution in [0.1, 0.15) is 77.1 Å². The highest BCUT2D eigenvalue weighted by molar-refractivity contribution is 6.03. The molecular weight excluding hydrogens is 444 g/mol. The van der Waals surface area contributed by atoms with Crippen molar-refractivity contribution < 1.29 is 19.8 Å². The van der Waals surface area contributed by atoms with Crippen LogP contribution in [0.5, 0.6) is 5.75 Å². The fourth-order valence-electron chi connectivity index (χ4n) is 3.96. The van der Waals surface area contributed by atoms with Gasteiger partial charge in [-0.15, -0.1) is 0 Å². The lowest BCUT2D eigenvalue weighted by molar-refractivity contribution is 0.0695. The molecule has 0 fully saturated rings. The van der Waals surface area contributed by atoms with Crippen molar-refractivity contribution >= 4 is 17.6 Å². The van der Waals surface area contributed by atoms with Crippen molar-refractivity contribution in [3.63, 3.8) is 0 Å². The lowest BCUT2D eigenvalue weighted by Crippen LogP contribution is -2.20. The molecule has 0 bridgehead atoms. The van der Waals surface area contributed by atoms with Gasteiger partial charge in [0.25, 0.3) is 5.91 Å². The van der Waals surface area contributed by atoms with Gasteiger partial charge in [0.15, 0.2) is 11.4 Å². The van der Waals surface area contributed by atoms with Crippen LogP contribution in [0.4, 0.5) is 0 Å². The summed E-state index contributed by atoms with van der Waals surface area (Å²) in [5.41, 5.74) is 6.62. The number of hydrogen-bond acceptors (Lipinski definition) is 5. The molecule has 0 saturated heterocycles. The molecule has 0 radical (unpaired) electrons. The highest BCUT2D eigenvalue weighted by Crippen LogP contribution is 2.32. The highest BCUT2D eigenvalue weighted by Gasteiger charge is 2.19. The van der Waals surface area contributed by atoms with Crippen LogP contribution in [0.25, 0.3) is 11.3 Å². The zero-order valence-corrected chi connectivity index (χ0v) is 20.6. The minimum atomic E-state index is -1.05. The summed E-state index contributed by atoms with van der Waals surface area (Å²) in [6.45, 7) is 5.47. The third kappa shape index (κ3) is 6.15. The Bertz CT molecular complexity index is 1240. The van der Waals surface area contributed by atoms with Crippen molar-refractivity contribution in [1.29, 1.82) is 0 Å². The van der Waals surface area contributed by atoms with Gasteiger partial charge < -0.3 is 10.2 Å². The molecule has 0 aliphatic carbocycles. The zero-order valence-electron chi connectivity index (χ0n) is 20.6. The number of carbonyl (C=O) groups excluding carboxylic acids is 1. The fraction of sp³-hybridized carbons (Fsp3) is 0.333. The zero-order chi connectivity index (χ0) is 25.5. The molecule has 0 aliphatic heterocycles. The van der Waals surface area contributed by atoms with Crippen LogP contribution >= 0.6 is 0 Å². The van der Waals surface area contributed by atoms with Gasteiger partial charge in [-0.1, -0.05) is 50.5 Å². The number of benzene rings is 2. The van der Waals surface area contributed by atoms with Gasteiger partial charge in [0.2, 0.25) is 0 Å². The number of nitrogens with one attached hydrogen (secondary N) is 1. The van der Waals surface area contributed by atoms with E-state index in [2.05, 4.69) is 34.7 Å². The molecule has 3 rings (SSSR count). The average molecular weight is 477 g/mol. The van der Waals surface area contributed by atoms with E-state index < -0.39 is 11.9 Å². The second-order valence-electron chi connectivity index (χ2n) is 8.65. The smallest absolute Gasteiger partial charge is 0.335 e. The number of carbonyl (C=O) groups is 2. The number of carboxylic acid groups (broad SMARTS) is 1. The van der Waals surface area contributed by atoms with Gasteiger partial charge >= 0.3 is 5.97 Å². The van der Waals surface area contributed by atoms with E-state index >= 15 is 0 Å². The summed E-state index contributed by atoms with van der Waals surface area (Å²) in [6.07, 6.45) is 5.90. The number of amides is 1. The first-order valence-electron chi connectivity index (χ1n) is 11.8. The van der Waals surface area contributed by atoms with Crippen molar-refractivity contribution in [2.75, 3.05) is 0 Å². The van der Waals surface area contributed by atoms with E-state index in [1.807, 2.05) is 12.1 Å². The van der Waals surface area contributed by atoms with Crippen molar-refractivity contribution in [2.24, 2.45) is 12.1 Å². The SMILES string of the molecule is CCCCCCc1ccc(-c2c(O)c(/C(C)=N\NC(=O)c3ccc(C(=O)O)c(C)c3)nn2C)cc1. The first kappa shape index (κ1) is 25.7. The third-order valence-electron chi connectivity index (χ3n) is 5.96. The number of hydrazone groups is 1. The predicted molar refractivity (Wildman–Crippen MR) is 136 cm³/mol. The van der Waals surface area contributed by atoms with Gasteiger partial charge in [0.1, 0.15) is 5.69 Å². The van der Waals surface area contributed by atoms with E-state index in [1.54, 1.807) is 25.6 Å². The molecule has 0 spiro atoms. The summed E-state index contributed by atoms with van der Waals surface area (Å²) in [7, 11) is 1.75. The van der Waals surface area contributed by atoms with E-state index in [0.29, 0.717) is 17.0 Å². The van der Waals surface area contributed by atoms with Crippen LogP contribution in [0.15, 0.2) is 47.6 Å². The van der Waals surface area contributed by atoms with Crippen LogP contribution in [0, 0.1) is 6.92 Å². The van der Waals surface area contributed by atoms with Crippen LogP contribution < -0.4 is 5.43 Å². The summed E-state index contributed by atoms with van der Waals surface area (Å²) < 4.78 is 1.59. The maximum Gasteiger partial charge on any atom is 0.335 e. The Morgan fingerprint density at radius 3 is 2.43 bits per heavy atom. The summed E-state index contributed by atoms with van der Waals surface area (Å²) in [4.78, 5) is 23.6. The number of aromatic carboxylic acids is 1. The van der Waals surface area contributed by atoms with E-state index in [1.165, 1.54) is 49.4 Å². The predicted octanol–water partition coefficient (Wildman–Crippen LogP) is 5.08. The molecular formula is C27H32N4O4. The molecule has 3 N–H and O–H groups in total. The molecule has 0 saturated carbocycles. The minimum absolute atomic E-state index is 0.0136. The fourth-order valence-corrected chi connectivity index (χ4v) is 3.96. The molecule has 0 atom stereocenters. The van der Waals surface area contributed by atoms with Crippen molar-refractivity contribution in [3.8, 4) is 17.0 Å². The summed E-state index contributed by atoms with van der Waals surface area (Å²) in [5, 5.41) is 28.5. The largest absolute Gasteiger partial charge is 0.504 e. The van der Waals surface area contributed by atoms with Gasteiger partial charge in [-0.05, 0) is 56.0 Å². The van der Waals surface area contributed by atoms with Gasteiger partial charge in [-0.2, -0.15) is 10.2 Å². The number of unbranched alkanes of at least 4 members (excludes halogenated alkanes) is 3. The number of aromatic nitrogens is 2. The van der Waals surface area contributed by atoms with E-state index in [0.717, 1.165) is 12.0 Å². The Balaban J connectivity index is 1.73. The Hall–Kier alpha value is -3.94. The molecule has 1 heterocycles. The number of carboxylic acids is 1. The lowest BCUT2D eigenvalue weighted by atomic mass is 10.0. The second kappa shape index (κ2) is 11.5. The van der Waals surface area contributed by atoms with Crippen molar-refractivity contribution in [3.05, 3.63) is 70.4 Å². The van der Waals surface area contributed by atoms with E-state index in [4.69, 9.17) is 5.11 Å². The third-order valence-corrected chi connectivity index (χ3v) is 5.96. The van der Waals surface area contributed by atoms with E-state index in [9.17, 15) is 14.7 Å². The normalized spacial score (nSPS) is 11.5.